The van der Waals surface area contributed by atoms with Crippen molar-refractivity contribution in [3.63, 3.8) is 0 Å². The molecular weight excluding hydrogens is 296 g/mol. The zero-order valence-electron chi connectivity index (χ0n) is 12.3. The molecule has 0 saturated carbocycles. The summed E-state index contributed by atoms with van der Waals surface area (Å²) >= 11 is 9.35. The Morgan fingerprint density at radius 1 is 0.952 bits per heavy atom. The average Bonchev–Trinajstić information content (AvgIpc) is 2.55. The highest BCUT2D eigenvalue weighted by Crippen LogP contribution is 2.37. The van der Waals surface area contributed by atoms with Crippen molar-refractivity contribution < 1.29 is 4.74 Å². The van der Waals surface area contributed by atoms with Crippen LogP contribution < -0.4 is 4.74 Å². The van der Waals surface area contributed by atoms with Gasteiger partial charge in [-0.3, -0.25) is 0 Å². The molecule has 0 aliphatic carbocycles. The maximum Gasteiger partial charge on any atom is 0.127 e. The monoisotopic (exact) mass is 316 g/mol. The molecular formula is C18H20OS2. The normalized spacial score (nSPS) is 12.0. The van der Waals surface area contributed by atoms with Crippen molar-refractivity contribution >= 4 is 35.1 Å². The van der Waals surface area contributed by atoms with Crippen LogP contribution >= 0.6 is 25.3 Å². The molecule has 2 aromatic carbocycles. The van der Waals surface area contributed by atoms with Gasteiger partial charge in [0.15, 0.2) is 0 Å². The molecule has 0 fully saturated rings. The number of ether oxygens (including phenoxy) is 1. The van der Waals surface area contributed by atoms with E-state index in [-0.39, 0.29) is 0 Å². The summed E-state index contributed by atoms with van der Waals surface area (Å²) in [5, 5.41) is 0. The second-order valence-electron chi connectivity index (χ2n) is 4.68. The van der Waals surface area contributed by atoms with E-state index < -0.39 is 0 Å². The lowest BCUT2D eigenvalue weighted by Crippen LogP contribution is -1.97. The molecule has 0 bridgehead atoms. The van der Waals surface area contributed by atoms with E-state index in [1.54, 1.807) is 0 Å². The summed E-state index contributed by atoms with van der Waals surface area (Å²) in [5.41, 5.74) is 3.30. The topological polar surface area (TPSA) is 9.23 Å². The number of hydrogen-bond donors (Lipinski definition) is 2. The molecule has 0 amide bonds. The summed E-state index contributed by atoms with van der Waals surface area (Å²) in [6.07, 6.45) is 0.980. The molecule has 0 radical (unpaired) electrons. The maximum absolute atomic E-state index is 5.73. The number of aryl methyl sites for hydroxylation is 1. The Balaban J connectivity index is 2.52. The van der Waals surface area contributed by atoms with Gasteiger partial charge in [0, 0.05) is 15.4 Å². The van der Waals surface area contributed by atoms with Crippen LogP contribution in [0.15, 0.2) is 48.5 Å². The van der Waals surface area contributed by atoms with Gasteiger partial charge in [-0.2, -0.15) is 0 Å². The molecule has 21 heavy (non-hydrogen) atoms. The van der Waals surface area contributed by atoms with Crippen molar-refractivity contribution in [3.05, 3.63) is 65.2 Å². The van der Waals surface area contributed by atoms with E-state index in [9.17, 15) is 0 Å². The third-order valence-corrected chi connectivity index (χ3v) is 4.40. The number of rotatable bonds is 5. The first kappa shape index (κ1) is 16.1. The fourth-order valence-corrected chi connectivity index (χ4v) is 2.70. The van der Waals surface area contributed by atoms with Gasteiger partial charge in [-0.15, -0.1) is 25.3 Å². The molecule has 3 heteroatoms. The second kappa shape index (κ2) is 7.62. The Morgan fingerprint density at radius 2 is 1.67 bits per heavy atom. The average molecular weight is 316 g/mol. The van der Waals surface area contributed by atoms with E-state index in [1.807, 2.05) is 43.3 Å². The number of hydrogen-bond acceptors (Lipinski definition) is 3. The van der Waals surface area contributed by atoms with Gasteiger partial charge in [-0.1, -0.05) is 43.3 Å². The van der Waals surface area contributed by atoms with Crippen LogP contribution in [-0.4, -0.2) is 6.61 Å². The van der Waals surface area contributed by atoms with E-state index in [1.165, 1.54) is 5.56 Å². The fraction of sp³-hybridized carbons (Fsp3) is 0.222. The van der Waals surface area contributed by atoms with E-state index in [0.29, 0.717) is 6.61 Å². The van der Waals surface area contributed by atoms with Gasteiger partial charge in [0.25, 0.3) is 0 Å². The first-order chi connectivity index (χ1) is 10.2. The van der Waals surface area contributed by atoms with Crippen molar-refractivity contribution in [2.45, 2.75) is 20.3 Å². The summed E-state index contributed by atoms with van der Waals surface area (Å²) in [7, 11) is 0. The molecule has 0 aliphatic rings. The minimum absolute atomic E-state index is 0.632. The van der Waals surface area contributed by atoms with Crippen LogP contribution in [0.3, 0.4) is 0 Å². The molecule has 2 aromatic rings. The third-order valence-electron chi connectivity index (χ3n) is 3.28. The Bertz CT molecular complexity index is 633. The highest BCUT2D eigenvalue weighted by molar-refractivity contribution is 7.96. The molecule has 0 aliphatic heterocycles. The molecule has 0 aromatic heterocycles. The van der Waals surface area contributed by atoms with Crippen LogP contribution in [0.25, 0.3) is 9.81 Å². The van der Waals surface area contributed by atoms with Crippen LogP contribution in [0.5, 0.6) is 5.75 Å². The lowest BCUT2D eigenvalue weighted by molar-refractivity contribution is 0.339. The van der Waals surface area contributed by atoms with Crippen LogP contribution in [0.1, 0.15) is 30.5 Å². The third kappa shape index (κ3) is 3.86. The molecule has 1 nitrogen and oxygen atoms in total. The molecule has 0 N–H and O–H groups in total. The van der Waals surface area contributed by atoms with Crippen molar-refractivity contribution in [1.82, 2.24) is 0 Å². The number of benzene rings is 2. The summed E-state index contributed by atoms with van der Waals surface area (Å²) in [6.45, 7) is 4.76. The van der Waals surface area contributed by atoms with Crippen LogP contribution in [0.4, 0.5) is 0 Å². The highest BCUT2D eigenvalue weighted by Gasteiger charge is 2.11. The SMILES string of the molecule is CCOc1ccc(CC)cc1C(S)=C(S)c1ccccc1. The fourth-order valence-electron chi connectivity index (χ4n) is 2.12. The van der Waals surface area contributed by atoms with Crippen LogP contribution in [-0.2, 0) is 6.42 Å². The number of thiol groups is 2. The van der Waals surface area contributed by atoms with Gasteiger partial charge in [0.2, 0.25) is 0 Å². The predicted molar refractivity (Wildman–Crippen MR) is 98.2 cm³/mol. The van der Waals surface area contributed by atoms with Crippen molar-refractivity contribution in [3.8, 4) is 5.75 Å². The molecule has 2 rings (SSSR count). The maximum atomic E-state index is 5.73. The van der Waals surface area contributed by atoms with Gasteiger partial charge in [-0.25, -0.2) is 0 Å². The first-order valence-electron chi connectivity index (χ1n) is 7.11. The Hall–Kier alpha value is -1.32. The van der Waals surface area contributed by atoms with E-state index >= 15 is 0 Å². The van der Waals surface area contributed by atoms with Gasteiger partial charge in [0.1, 0.15) is 5.75 Å². The smallest absolute Gasteiger partial charge is 0.127 e. The molecule has 0 saturated heterocycles. The summed E-state index contributed by atoms with van der Waals surface area (Å²) in [5.74, 6) is 0.849. The largest absolute Gasteiger partial charge is 0.493 e. The van der Waals surface area contributed by atoms with Crippen molar-refractivity contribution in [2.75, 3.05) is 6.61 Å². The summed E-state index contributed by atoms with van der Waals surface area (Å²) < 4.78 is 5.73. The predicted octanol–water partition coefficient (Wildman–Crippen LogP) is 5.33. The van der Waals surface area contributed by atoms with E-state index in [2.05, 4.69) is 31.7 Å². The minimum Gasteiger partial charge on any atom is -0.493 e. The van der Waals surface area contributed by atoms with Gasteiger partial charge < -0.3 is 4.74 Å². The Morgan fingerprint density at radius 3 is 2.29 bits per heavy atom. The zero-order valence-corrected chi connectivity index (χ0v) is 14.1. The standard InChI is InChI=1S/C18H20OS2/c1-3-13-10-11-16(19-4-2)15(12-13)18(21)17(20)14-8-6-5-7-9-14/h5-12,20-21H,3-4H2,1-2H3. The van der Waals surface area contributed by atoms with Gasteiger partial charge in [-0.05, 0) is 36.6 Å². The molecule has 0 heterocycles. The molecule has 0 atom stereocenters. The Kier molecular flexibility index (Phi) is 5.83. The second-order valence-corrected chi connectivity index (χ2v) is 5.57. The molecule has 0 spiro atoms. The minimum atomic E-state index is 0.632. The quantitative estimate of drug-likeness (QED) is 0.560. The van der Waals surface area contributed by atoms with Crippen LogP contribution in [0.2, 0.25) is 0 Å². The van der Waals surface area contributed by atoms with Gasteiger partial charge >= 0.3 is 0 Å². The first-order valence-corrected chi connectivity index (χ1v) is 8.00. The Labute approximate surface area is 137 Å². The lowest BCUT2D eigenvalue weighted by Gasteiger charge is -2.14. The van der Waals surface area contributed by atoms with Crippen molar-refractivity contribution in [1.29, 1.82) is 0 Å². The molecule has 110 valence electrons. The van der Waals surface area contributed by atoms with E-state index in [4.69, 9.17) is 17.4 Å². The zero-order chi connectivity index (χ0) is 15.2. The summed E-state index contributed by atoms with van der Waals surface area (Å²) in [4.78, 5) is 1.69. The molecule has 0 unspecified atom stereocenters. The highest BCUT2D eigenvalue weighted by atomic mass is 32.1. The van der Waals surface area contributed by atoms with E-state index in [0.717, 1.165) is 33.1 Å². The summed E-state index contributed by atoms with van der Waals surface area (Å²) in [6, 6.07) is 16.3. The lowest BCUT2D eigenvalue weighted by atomic mass is 10.1. The van der Waals surface area contributed by atoms with Gasteiger partial charge in [0.05, 0.1) is 6.61 Å². The van der Waals surface area contributed by atoms with Crippen LogP contribution in [0, 0.1) is 0 Å². The van der Waals surface area contributed by atoms with Crippen molar-refractivity contribution in [2.24, 2.45) is 0 Å².